The monoisotopic (exact) mass is 180 g/mol. The maximum atomic E-state index is 8.84. The molecule has 0 bridgehead atoms. The van der Waals surface area contributed by atoms with Crippen LogP contribution in [0.3, 0.4) is 0 Å². The molecule has 0 atom stereocenters. The molecular formula is C9H12N2S. The van der Waals surface area contributed by atoms with Crippen LogP contribution in [0.1, 0.15) is 31.5 Å². The Morgan fingerprint density at radius 2 is 2.33 bits per heavy atom. The van der Waals surface area contributed by atoms with E-state index in [0.717, 1.165) is 17.1 Å². The van der Waals surface area contributed by atoms with Crippen LogP contribution in [0.15, 0.2) is 5.38 Å². The summed E-state index contributed by atoms with van der Waals surface area (Å²) in [7, 11) is 0. The van der Waals surface area contributed by atoms with E-state index in [0.29, 0.717) is 0 Å². The molecule has 0 saturated heterocycles. The van der Waals surface area contributed by atoms with Gasteiger partial charge in [0, 0.05) is 5.38 Å². The Bertz CT molecular complexity index is 307. The summed E-state index contributed by atoms with van der Waals surface area (Å²) in [5.74, 6) is 0. The average molecular weight is 180 g/mol. The van der Waals surface area contributed by atoms with E-state index in [1.54, 1.807) is 11.3 Å². The number of rotatable bonds is 2. The minimum Gasteiger partial charge on any atom is -0.245 e. The van der Waals surface area contributed by atoms with Crippen LogP contribution in [-0.4, -0.2) is 4.98 Å². The minimum absolute atomic E-state index is 0.441. The van der Waals surface area contributed by atoms with Crippen LogP contribution in [0, 0.1) is 11.3 Å². The van der Waals surface area contributed by atoms with Crippen LogP contribution >= 0.6 is 11.3 Å². The van der Waals surface area contributed by atoms with Gasteiger partial charge >= 0.3 is 0 Å². The number of aryl methyl sites for hydroxylation is 1. The van der Waals surface area contributed by atoms with E-state index >= 15 is 0 Å². The fourth-order valence-electron chi connectivity index (χ4n) is 0.818. The number of nitriles is 1. The molecule has 0 radical (unpaired) electrons. The van der Waals surface area contributed by atoms with Crippen molar-refractivity contribution in [1.82, 2.24) is 4.98 Å². The predicted molar refractivity (Wildman–Crippen MR) is 50.1 cm³/mol. The smallest absolute Gasteiger partial charge is 0.0945 e. The van der Waals surface area contributed by atoms with Crippen molar-refractivity contribution in [2.24, 2.45) is 0 Å². The molecule has 2 nitrogen and oxygen atoms in total. The van der Waals surface area contributed by atoms with E-state index in [1.807, 2.05) is 19.2 Å². The van der Waals surface area contributed by atoms with Gasteiger partial charge in [-0.15, -0.1) is 11.3 Å². The predicted octanol–water partition coefficient (Wildman–Crippen LogP) is 2.51. The van der Waals surface area contributed by atoms with Crippen molar-refractivity contribution in [2.45, 2.75) is 32.6 Å². The van der Waals surface area contributed by atoms with Gasteiger partial charge in [0.1, 0.15) is 0 Å². The zero-order valence-corrected chi connectivity index (χ0v) is 8.40. The lowest BCUT2D eigenvalue weighted by Crippen LogP contribution is -2.14. The molecule has 1 aromatic rings. The molecule has 0 aliphatic carbocycles. The van der Waals surface area contributed by atoms with Gasteiger partial charge in [-0.3, -0.25) is 0 Å². The summed E-state index contributed by atoms with van der Waals surface area (Å²) in [4.78, 5) is 4.37. The highest BCUT2D eigenvalue weighted by Crippen LogP contribution is 2.23. The Morgan fingerprint density at radius 3 is 2.75 bits per heavy atom. The molecule has 0 fully saturated rings. The molecule has 0 saturated carbocycles. The molecule has 3 heteroatoms. The van der Waals surface area contributed by atoms with Crippen molar-refractivity contribution in [3.8, 4) is 6.07 Å². The summed E-state index contributed by atoms with van der Waals surface area (Å²) in [5.41, 5.74) is 0.455. The largest absolute Gasteiger partial charge is 0.245 e. The second-order valence-corrected chi connectivity index (χ2v) is 4.16. The molecule has 1 aromatic heterocycles. The maximum absolute atomic E-state index is 8.84. The Balaban J connectivity index is 2.98. The SMILES string of the molecule is CCc1nc(C(C)(C)C#N)cs1. The number of hydrogen-bond acceptors (Lipinski definition) is 3. The molecule has 0 aromatic carbocycles. The van der Waals surface area contributed by atoms with Gasteiger partial charge in [-0.05, 0) is 20.3 Å². The first-order chi connectivity index (χ1) is 5.60. The van der Waals surface area contributed by atoms with Gasteiger partial charge in [-0.25, -0.2) is 4.98 Å². The van der Waals surface area contributed by atoms with Crippen molar-refractivity contribution in [1.29, 1.82) is 5.26 Å². The van der Waals surface area contributed by atoms with Crippen LogP contribution in [0.4, 0.5) is 0 Å². The summed E-state index contributed by atoms with van der Waals surface area (Å²) >= 11 is 1.63. The van der Waals surface area contributed by atoms with Crippen molar-refractivity contribution < 1.29 is 0 Å². The summed E-state index contributed by atoms with van der Waals surface area (Å²) < 4.78 is 0. The van der Waals surface area contributed by atoms with E-state index < -0.39 is 5.41 Å². The third-order valence-corrected chi connectivity index (χ3v) is 2.77. The van der Waals surface area contributed by atoms with Crippen LogP contribution in [-0.2, 0) is 11.8 Å². The molecule has 0 N–H and O–H groups in total. The van der Waals surface area contributed by atoms with Crippen LogP contribution in [0.25, 0.3) is 0 Å². The number of thiazole rings is 1. The summed E-state index contributed by atoms with van der Waals surface area (Å²) in [5, 5.41) is 11.9. The summed E-state index contributed by atoms with van der Waals surface area (Å²) in [6, 6.07) is 2.24. The quantitative estimate of drug-likeness (QED) is 0.701. The first kappa shape index (κ1) is 9.21. The van der Waals surface area contributed by atoms with E-state index in [4.69, 9.17) is 5.26 Å². The molecule has 1 rings (SSSR count). The summed E-state index contributed by atoms with van der Waals surface area (Å²) in [6.07, 6.45) is 0.951. The maximum Gasteiger partial charge on any atom is 0.0945 e. The van der Waals surface area contributed by atoms with Crippen molar-refractivity contribution in [3.05, 3.63) is 16.1 Å². The van der Waals surface area contributed by atoms with Crippen molar-refractivity contribution >= 4 is 11.3 Å². The van der Waals surface area contributed by atoms with Gasteiger partial charge in [0.2, 0.25) is 0 Å². The zero-order valence-electron chi connectivity index (χ0n) is 7.59. The third kappa shape index (κ3) is 1.64. The highest BCUT2D eigenvalue weighted by atomic mass is 32.1. The topological polar surface area (TPSA) is 36.7 Å². The van der Waals surface area contributed by atoms with Gasteiger partial charge in [-0.1, -0.05) is 6.92 Å². The number of nitrogens with zero attached hydrogens (tertiary/aromatic N) is 2. The van der Waals surface area contributed by atoms with Gasteiger partial charge in [0.25, 0.3) is 0 Å². The normalized spacial score (nSPS) is 11.2. The average Bonchev–Trinajstić information content (AvgIpc) is 2.52. The molecule has 64 valence electrons. The van der Waals surface area contributed by atoms with Gasteiger partial charge in [-0.2, -0.15) is 5.26 Å². The molecular weight excluding hydrogens is 168 g/mol. The lowest BCUT2D eigenvalue weighted by Gasteiger charge is -2.10. The number of hydrogen-bond donors (Lipinski definition) is 0. The summed E-state index contributed by atoms with van der Waals surface area (Å²) in [6.45, 7) is 5.85. The third-order valence-electron chi connectivity index (χ3n) is 1.77. The second kappa shape index (κ2) is 3.24. The van der Waals surface area contributed by atoms with Gasteiger partial charge < -0.3 is 0 Å². The van der Waals surface area contributed by atoms with Crippen LogP contribution in [0.5, 0.6) is 0 Å². The van der Waals surface area contributed by atoms with Crippen LogP contribution in [0.2, 0.25) is 0 Å². The molecule has 0 amide bonds. The molecule has 0 aliphatic rings. The standard InChI is InChI=1S/C9H12N2S/c1-4-8-11-7(5-12-8)9(2,3)6-10/h5H,4H2,1-3H3. The second-order valence-electron chi connectivity index (χ2n) is 3.22. The lowest BCUT2D eigenvalue weighted by molar-refractivity contribution is 0.662. The lowest BCUT2D eigenvalue weighted by atomic mass is 9.92. The molecule has 0 unspecified atom stereocenters. The van der Waals surface area contributed by atoms with Crippen LogP contribution < -0.4 is 0 Å². The van der Waals surface area contributed by atoms with Gasteiger partial charge in [0.15, 0.2) is 0 Å². The highest BCUT2D eigenvalue weighted by Gasteiger charge is 2.22. The zero-order chi connectivity index (χ0) is 9.19. The fourth-order valence-corrected chi connectivity index (χ4v) is 1.73. The molecule has 0 spiro atoms. The first-order valence-corrected chi connectivity index (χ1v) is 4.84. The molecule has 12 heavy (non-hydrogen) atoms. The number of aromatic nitrogens is 1. The molecule has 0 aliphatic heterocycles. The van der Waals surface area contributed by atoms with E-state index in [9.17, 15) is 0 Å². The highest BCUT2D eigenvalue weighted by molar-refractivity contribution is 7.09. The van der Waals surface area contributed by atoms with Crippen molar-refractivity contribution in [3.63, 3.8) is 0 Å². The Morgan fingerprint density at radius 1 is 1.67 bits per heavy atom. The minimum atomic E-state index is -0.441. The van der Waals surface area contributed by atoms with E-state index in [1.165, 1.54) is 0 Å². The Kier molecular flexibility index (Phi) is 2.49. The Hall–Kier alpha value is -0.880. The van der Waals surface area contributed by atoms with Gasteiger partial charge in [0.05, 0.1) is 22.2 Å². The van der Waals surface area contributed by atoms with E-state index in [-0.39, 0.29) is 0 Å². The molecule has 1 heterocycles. The first-order valence-electron chi connectivity index (χ1n) is 3.96. The Labute approximate surface area is 76.9 Å². The van der Waals surface area contributed by atoms with Crippen molar-refractivity contribution in [2.75, 3.05) is 0 Å². The fraction of sp³-hybridized carbons (Fsp3) is 0.556. The van der Waals surface area contributed by atoms with E-state index in [2.05, 4.69) is 18.0 Å².